The molecule has 2 aromatic carbocycles. The molecule has 4 N–H and O–H groups in total. The van der Waals surface area contributed by atoms with E-state index in [0.29, 0.717) is 17.4 Å². The predicted octanol–water partition coefficient (Wildman–Crippen LogP) is 5.23. The van der Waals surface area contributed by atoms with Gasteiger partial charge in [-0.05, 0) is 35.4 Å². The molecular weight excluding hydrogens is 376 g/mol. The maximum absolute atomic E-state index is 6.41. The van der Waals surface area contributed by atoms with Crippen LogP contribution < -0.4 is 11.5 Å². The molecule has 4 nitrogen and oxygen atoms in total. The highest BCUT2D eigenvalue weighted by atomic mass is 35.5. The van der Waals surface area contributed by atoms with Gasteiger partial charge in [-0.1, -0.05) is 48.0 Å². The van der Waals surface area contributed by atoms with Gasteiger partial charge in [0.1, 0.15) is 10.8 Å². The largest absolute Gasteiger partial charge is 0.384 e. The minimum Gasteiger partial charge on any atom is -0.384 e. The lowest BCUT2D eigenvalue weighted by molar-refractivity contribution is 1.07. The van der Waals surface area contributed by atoms with E-state index < -0.39 is 0 Å². The number of hydrogen-bond donors (Lipinski definition) is 2. The number of hydrogen-bond acceptors (Lipinski definition) is 5. The molecule has 2 aromatic heterocycles. The van der Waals surface area contributed by atoms with Crippen LogP contribution in [0.15, 0.2) is 66.9 Å². The van der Waals surface area contributed by atoms with Crippen LogP contribution in [0, 0.1) is 0 Å². The molecule has 4 aromatic rings. The predicted molar refractivity (Wildman–Crippen MR) is 114 cm³/mol. The van der Waals surface area contributed by atoms with Gasteiger partial charge in [-0.25, -0.2) is 9.97 Å². The summed E-state index contributed by atoms with van der Waals surface area (Å²) in [5.41, 5.74) is 16.6. The molecule has 0 amide bonds. The monoisotopic (exact) mass is 392 g/mol. The lowest BCUT2D eigenvalue weighted by Gasteiger charge is -2.05. The van der Waals surface area contributed by atoms with Crippen LogP contribution in [0.3, 0.4) is 0 Å². The summed E-state index contributed by atoms with van der Waals surface area (Å²) in [7, 11) is 0. The Hall–Kier alpha value is -2.73. The van der Waals surface area contributed by atoms with E-state index in [0.717, 1.165) is 37.8 Å². The molecule has 0 atom stereocenters. The summed E-state index contributed by atoms with van der Waals surface area (Å²) in [6.45, 7) is 0.479. The summed E-state index contributed by atoms with van der Waals surface area (Å²) in [6, 6.07) is 19.6. The van der Waals surface area contributed by atoms with Crippen molar-refractivity contribution in [2.75, 3.05) is 5.73 Å². The standard InChI is InChI=1S/C21H17ClN4S/c22-17-7-2-1-6-16(17)21-26-19(14-5-3-4-13(10-14)12-23)20(27-21)15-8-9-25-18(24)11-15/h1-11H,12,23H2,(H2,24,25). The van der Waals surface area contributed by atoms with Crippen molar-refractivity contribution < 1.29 is 0 Å². The maximum atomic E-state index is 6.41. The summed E-state index contributed by atoms with van der Waals surface area (Å²) in [4.78, 5) is 10.0. The van der Waals surface area contributed by atoms with Gasteiger partial charge < -0.3 is 11.5 Å². The number of halogens is 1. The molecule has 0 spiro atoms. The SMILES string of the molecule is NCc1cccc(-c2nc(-c3ccccc3Cl)sc2-c2ccnc(N)c2)c1. The van der Waals surface area contributed by atoms with Gasteiger partial charge in [-0.3, -0.25) is 0 Å². The number of nitrogen functional groups attached to an aromatic ring is 1. The Labute approximate surface area is 166 Å². The minimum absolute atomic E-state index is 0.474. The van der Waals surface area contributed by atoms with E-state index in [1.54, 1.807) is 17.5 Å². The Balaban J connectivity index is 1.94. The van der Waals surface area contributed by atoms with Crippen molar-refractivity contribution in [3.8, 4) is 32.3 Å². The topological polar surface area (TPSA) is 77.8 Å². The average molecular weight is 393 g/mol. The lowest BCUT2D eigenvalue weighted by Crippen LogP contribution is -1.96. The molecule has 0 radical (unpaired) electrons. The van der Waals surface area contributed by atoms with E-state index in [9.17, 15) is 0 Å². The van der Waals surface area contributed by atoms with Crippen LogP contribution in [0.1, 0.15) is 5.56 Å². The minimum atomic E-state index is 0.474. The normalized spacial score (nSPS) is 10.9. The zero-order valence-corrected chi connectivity index (χ0v) is 16.0. The van der Waals surface area contributed by atoms with Crippen LogP contribution in [-0.2, 0) is 6.54 Å². The van der Waals surface area contributed by atoms with Crippen molar-refractivity contribution in [3.05, 3.63) is 77.4 Å². The van der Waals surface area contributed by atoms with E-state index >= 15 is 0 Å². The van der Waals surface area contributed by atoms with Gasteiger partial charge in [0.15, 0.2) is 0 Å². The third-order valence-electron chi connectivity index (χ3n) is 4.21. The van der Waals surface area contributed by atoms with Gasteiger partial charge in [0.25, 0.3) is 0 Å². The van der Waals surface area contributed by atoms with Gasteiger partial charge in [0.05, 0.1) is 15.6 Å². The molecule has 134 valence electrons. The van der Waals surface area contributed by atoms with Crippen LogP contribution in [-0.4, -0.2) is 9.97 Å². The highest BCUT2D eigenvalue weighted by Crippen LogP contribution is 2.42. The van der Waals surface area contributed by atoms with Crippen molar-refractivity contribution in [2.24, 2.45) is 5.73 Å². The fourth-order valence-electron chi connectivity index (χ4n) is 2.90. The maximum Gasteiger partial charge on any atom is 0.126 e. The molecule has 0 aliphatic rings. The van der Waals surface area contributed by atoms with Crippen LogP contribution in [0.25, 0.3) is 32.3 Å². The molecular formula is C21H17ClN4S. The summed E-state index contributed by atoms with van der Waals surface area (Å²) < 4.78 is 0. The number of pyridine rings is 1. The van der Waals surface area contributed by atoms with Crippen LogP contribution in [0.5, 0.6) is 0 Å². The molecule has 0 saturated heterocycles. The van der Waals surface area contributed by atoms with Crippen LogP contribution >= 0.6 is 22.9 Å². The first kappa shape index (κ1) is 17.7. The van der Waals surface area contributed by atoms with E-state index in [1.165, 1.54) is 0 Å². The van der Waals surface area contributed by atoms with E-state index in [-0.39, 0.29) is 0 Å². The first-order chi connectivity index (χ1) is 13.2. The molecule has 6 heteroatoms. The van der Waals surface area contributed by atoms with Gasteiger partial charge in [-0.15, -0.1) is 11.3 Å². The zero-order chi connectivity index (χ0) is 18.8. The van der Waals surface area contributed by atoms with Gasteiger partial charge in [-0.2, -0.15) is 0 Å². The quantitative estimate of drug-likeness (QED) is 0.498. The molecule has 0 aliphatic carbocycles. The van der Waals surface area contributed by atoms with E-state index in [4.69, 9.17) is 28.1 Å². The Morgan fingerprint density at radius 1 is 0.963 bits per heavy atom. The number of aromatic nitrogens is 2. The average Bonchev–Trinajstić information content (AvgIpc) is 3.14. The van der Waals surface area contributed by atoms with Gasteiger partial charge in [0, 0.05) is 23.9 Å². The molecule has 0 bridgehead atoms. The Bertz CT molecular complexity index is 1110. The lowest BCUT2D eigenvalue weighted by atomic mass is 10.0. The molecule has 0 unspecified atom stereocenters. The molecule has 0 fully saturated rings. The molecule has 2 heterocycles. The number of rotatable bonds is 4. The fraction of sp³-hybridized carbons (Fsp3) is 0.0476. The van der Waals surface area contributed by atoms with Gasteiger partial charge >= 0.3 is 0 Å². The highest BCUT2D eigenvalue weighted by molar-refractivity contribution is 7.19. The second-order valence-electron chi connectivity index (χ2n) is 6.05. The zero-order valence-electron chi connectivity index (χ0n) is 14.4. The summed E-state index contributed by atoms with van der Waals surface area (Å²) in [5, 5.41) is 1.54. The number of nitrogens with two attached hydrogens (primary N) is 2. The van der Waals surface area contributed by atoms with Crippen molar-refractivity contribution in [1.82, 2.24) is 9.97 Å². The second-order valence-corrected chi connectivity index (χ2v) is 7.46. The Morgan fingerprint density at radius 3 is 2.59 bits per heavy atom. The van der Waals surface area contributed by atoms with Gasteiger partial charge in [0.2, 0.25) is 0 Å². The number of anilines is 1. The van der Waals surface area contributed by atoms with E-state index in [1.807, 2.05) is 54.6 Å². The van der Waals surface area contributed by atoms with Crippen LogP contribution in [0.4, 0.5) is 5.82 Å². The van der Waals surface area contributed by atoms with Crippen molar-refractivity contribution in [3.63, 3.8) is 0 Å². The summed E-state index contributed by atoms with van der Waals surface area (Å²) >= 11 is 7.99. The smallest absolute Gasteiger partial charge is 0.126 e. The van der Waals surface area contributed by atoms with Crippen molar-refractivity contribution in [2.45, 2.75) is 6.54 Å². The Kier molecular flexibility index (Phi) is 4.90. The first-order valence-corrected chi connectivity index (χ1v) is 9.62. The number of benzene rings is 2. The first-order valence-electron chi connectivity index (χ1n) is 8.42. The molecule has 4 rings (SSSR count). The third kappa shape index (κ3) is 3.57. The highest BCUT2D eigenvalue weighted by Gasteiger charge is 2.18. The Morgan fingerprint density at radius 2 is 1.81 bits per heavy atom. The molecule has 27 heavy (non-hydrogen) atoms. The molecule has 0 aliphatic heterocycles. The number of nitrogens with zero attached hydrogens (tertiary/aromatic N) is 2. The van der Waals surface area contributed by atoms with Crippen LogP contribution in [0.2, 0.25) is 5.02 Å². The fourth-order valence-corrected chi connectivity index (χ4v) is 4.30. The van der Waals surface area contributed by atoms with E-state index in [2.05, 4.69) is 11.1 Å². The molecule has 0 saturated carbocycles. The second kappa shape index (κ2) is 7.48. The third-order valence-corrected chi connectivity index (χ3v) is 5.68. The summed E-state index contributed by atoms with van der Waals surface area (Å²) in [6.07, 6.45) is 1.71. The van der Waals surface area contributed by atoms with Crippen molar-refractivity contribution >= 4 is 28.8 Å². The van der Waals surface area contributed by atoms with Crippen molar-refractivity contribution in [1.29, 1.82) is 0 Å². The number of thiazole rings is 1. The summed E-state index contributed by atoms with van der Waals surface area (Å²) in [5.74, 6) is 0.474.